The number of aromatic nitrogens is 3. The lowest BCUT2D eigenvalue weighted by Crippen LogP contribution is -2.24. The molecule has 2 aliphatic rings. The SMILES string of the molecule is O=C1CSC(c2ccncc2)c2c(n(C3CCOCC3)[nH]c2=O)N1. The van der Waals surface area contributed by atoms with Crippen LogP contribution in [0.1, 0.15) is 35.3 Å². The van der Waals surface area contributed by atoms with Crippen molar-refractivity contribution < 1.29 is 9.53 Å². The molecule has 0 spiro atoms. The molecular formula is C16H18N4O3S. The summed E-state index contributed by atoms with van der Waals surface area (Å²) in [5.41, 5.74) is 1.44. The number of pyridine rings is 1. The van der Waals surface area contributed by atoms with Gasteiger partial charge in [-0.2, -0.15) is 0 Å². The molecule has 1 saturated heterocycles. The van der Waals surface area contributed by atoms with Crippen molar-refractivity contribution in [1.82, 2.24) is 14.8 Å². The summed E-state index contributed by atoms with van der Waals surface area (Å²) in [5, 5.41) is 5.67. The number of carbonyl (C=O) groups excluding carboxylic acids is 1. The van der Waals surface area contributed by atoms with Crippen LogP contribution in [0.3, 0.4) is 0 Å². The Hall–Kier alpha value is -2.06. The molecule has 8 heteroatoms. The molecule has 0 saturated carbocycles. The highest BCUT2D eigenvalue weighted by molar-refractivity contribution is 8.00. The Morgan fingerprint density at radius 1 is 1.21 bits per heavy atom. The van der Waals surface area contributed by atoms with Crippen molar-refractivity contribution in [2.45, 2.75) is 24.1 Å². The summed E-state index contributed by atoms with van der Waals surface area (Å²) < 4.78 is 7.24. The van der Waals surface area contributed by atoms with E-state index in [1.54, 1.807) is 12.4 Å². The molecule has 1 fully saturated rings. The molecular weight excluding hydrogens is 328 g/mol. The van der Waals surface area contributed by atoms with Crippen molar-refractivity contribution in [2.75, 3.05) is 24.3 Å². The largest absolute Gasteiger partial charge is 0.381 e. The predicted octanol–water partition coefficient (Wildman–Crippen LogP) is 1.70. The van der Waals surface area contributed by atoms with Crippen molar-refractivity contribution in [3.63, 3.8) is 0 Å². The maximum absolute atomic E-state index is 12.7. The summed E-state index contributed by atoms with van der Waals surface area (Å²) in [7, 11) is 0. The standard InChI is InChI=1S/C16H18N4O3S/c21-12-9-24-14(10-1-5-17-6-2-10)13-15(18-12)20(19-16(13)22)11-3-7-23-8-4-11/h1-2,5-6,11,14H,3-4,7-9H2,(H,18,21)(H,19,22). The Balaban J connectivity index is 1.82. The van der Waals surface area contributed by atoms with Crippen molar-refractivity contribution in [3.05, 3.63) is 46.0 Å². The number of thioether (sulfide) groups is 1. The van der Waals surface area contributed by atoms with E-state index >= 15 is 0 Å². The highest BCUT2D eigenvalue weighted by Crippen LogP contribution is 2.40. The van der Waals surface area contributed by atoms with Crippen LogP contribution in [0.4, 0.5) is 5.82 Å². The number of nitrogens with one attached hydrogen (secondary N) is 2. The summed E-state index contributed by atoms with van der Waals surface area (Å²) in [4.78, 5) is 28.9. The second-order valence-electron chi connectivity index (χ2n) is 5.94. The van der Waals surface area contributed by atoms with Crippen molar-refractivity contribution in [2.24, 2.45) is 0 Å². The minimum atomic E-state index is -0.188. The maximum Gasteiger partial charge on any atom is 0.270 e. The van der Waals surface area contributed by atoms with Gasteiger partial charge in [-0.15, -0.1) is 11.8 Å². The first-order valence-corrected chi connectivity index (χ1v) is 9.02. The molecule has 2 aromatic heterocycles. The zero-order valence-electron chi connectivity index (χ0n) is 13.0. The van der Waals surface area contributed by atoms with Crippen LogP contribution in [0.25, 0.3) is 0 Å². The van der Waals surface area contributed by atoms with Gasteiger partial charge in [-0.25, -0.2) is 0 Å². The van der Waals surface area contributed by atoms with E-state index in [9.17, 15) is 9.59 Å². The van der Waals surface area contributed by atoms with Crippen molar-refractivity contribution in [3.8, 4) is 0 Å². The second kappa shape index (κ2) is 6.45. The van der Waals surface area contributed by atoms with Crippen LogP contribution in [0.2, 0.25) is 0 Å². The first-order valence-electron chi connectivity index (χ1n) is 7.97. The van der Waals surface area contributed by atoms with Crippen LogP contribution in [-0.2, 0) is 9.53 Å². The Labute approximate surface area is 142 Å². The lowest BCUT2D eigenvalue weighted by atomic mass is 10.1. The van der Waals surface area contributed by atoms with Crippen LogP contribution < -0.4 is 10.9 Å². The summed E-state index contributed by atoms with van der Waals surface area (Å²) in [6.07, 6.45) is 5.05. The fraction of sp³-hybridized carbons (Fsp3) is 0.438. The quantitative estimate of drug-likeness (QED) is 0.864. The number of anilines is 1. The molecule has 1 unspecified atom stereocenters. The van der Waals surface area contributed by atoms with Gasteiger partial charge in [-0.05, 0) is 30.5 Å². The number of carbonyl (C=O) groups is 1. The summed E-state index contributed by atoms with van der Waals surface area (Å²) in [6.45, 7) is 1.33. The van der Waals surface area contributed by atoms with E-state index in [4.69, 9.17) is 4.74 Å². The number of rotatable bonds is 2. The van der Waals surface area contributed by atoms with Crippen LogP contribution in [0, 0.1) is 0 Å². The van der Waals surface area contributed by atoms with E-state index < -0.39 is 0 Å². The number of aromatic amines is 1. The fourth-order valence-electron chi connectivity index (χ4n) is 3.26. The van der Waals surface area contributed by atoms with Gasteiger partial charge in [0.25, 0.3) is 5.56 Å². The third kappa shape index (κ3) is 2.76. The molecule has 2 N–H and O–H groups in total. The molecule has 126 valence electrons. The molecule has 7 nitrogen and oxygen atoms in total. The topological polar surface area (TPSA) is 89.0 Å². The molecule has 0 radical (unpaired) electrons. The molecule has 4 heterocycles. The molecule has 0 aliphatic carbocycles. The normalized spacial score (nSPS) is 21.8. The van der Waals surface area contributed by atoms with Crippen molar-refractivity contribution >= 4 is 23.5 Å². The Morgan fingerprint density at radius 3 is 2.71 bits per heavy atom. The fourth-order valence-corrected chi connectivity index (χ4v) is 4.39. The molecule has 24 heavy (non-hydrogen) atoms. The third-order valence-electron chi connectivity index (χ3n) is 4.43. The lowest BCUT2D eigenvalue weighted by Gasteiger charge is -2.25. The summed E-state index contributed by atoms with van der Waals surface area (Å²) >= 11 is 1.46. The first kappa shape index (κ1) is 15.5. The van der Waals surface area contributed by atoms with Gasteiger partial charge in [0.1, 0.15) is 5.82 Å². The van der Waals surface area contributed by atoms with E-state index in [0.29, 0.717) is 30.3 Å². The average Bonchev–Trinajstić information content (AvgIpc) is 2.83. The van der Waals surface area contributed by atoms with Crippen LogP contribution in [-0.4, -0.2) is 39.6 Å². The number of ether oxygens (including phenoxy) is 1. The van der Waals surface area contributed by atoms with Gasteiger partial charge in [0.05, 0.1) is 22.6 Å². The number of hydrogen-bond acceptors (Lipinski definition) is 5. The highest BCUT2D eigenvalue weighted by atomic mass is 32.2. The van der Waals surface area contributed by atoms with Gasteiger partial charge in [-0.1, -0.05) is 0 Å². The van der Waals surface area contributed by atoms with E-state index in [2.05, 4.69) is 15.4 Å². The third-order valence-corrected chi connectivity index (χ3v) is 5.70. The maximum atomic E-state index is 12.7. The summed E-state index contributed by atoms with van der Waals surface area (Å²) in [6, 6.07) is 3.92. The number of hydrogen-bond donors (Lipinski definition) is 2. The van der Waals surface area contributed by atoms with Crippen LogP contribution in [0.15, 0.2) is 29.3 Å². The molecule has 0 bridgehead atoms. The summed E-state index contributed by atoms with van der Waals surface area (Å²) in [5.74, 6) is 0.829. The van der Waals surface area contributed by atoms with E-state index in [-0.39, 0.29) is 22.8 Å². The first-order chi connectivity index (χ1) is 11.7. The van der Waals surface area contributed by atoms with E-state index in [1.165, 1.54) is 11.8 Å². The van der Waals surface area contributed by atoms with Gasteiger partial charge in [0.2, 0.25) is 5.91 Å². The van der Waals surface area contributed by atoms with Gasteiger partial charge in [-0.3, -0.25) is 24.4 Å². The zero-order valence-corrected chi connectivity index (χ0v) is 13.8. The van der Waals surface area contributed by atoms with Gasteiger partial charge in [0.15, 0.2) is 0 Å². The zero-order chi connectivity index (χ0) is 16.5. The molecule has 2 aromatic rings. The number of H-pyrrole nitrogens is 1. The van der Waals surface area contributed by atoms with Gasteiger partial charge < -0.3 is 10.1 Å². The highest BCUT2D eigenvalue weighted by Gasteiger charge is 2.32. The van der Waals surface area contributed by atoms with Gasteiger partial charge >= 0.3 is 0 Å². The Kier molecular flexibility index (Phi) is 4.15. The molecule has 1 amide bonds. The molecule has 0 aromatic carbocycles. The van der Waals surface area contributed by atoms with Crippen LogP contribution in [0.5, 0.6) is 0 Å². The molecule has 4 rings (SSSR count). The monoisotopic (exact) mass is 346 g/mol. The van der Waals surface area contributed by atoms with Crippen molar-refractivity contribution in [1.29, 1.82) is 0 Å². The molecule has 1 atom stereocenters. The number of nitrogens with zero attached hydrogens (tertiary/aromatic N) is 2. The minimum Gasteiger partial charge on any atom is -0.381 e. The number of amides is 1. The van der Waals surface area contributed by atoms with E-state index in [0.717, 1.165) is 18.4 Å². The molecule has 2 aliphatic heterocycles. The average molecular weight is 346 g/mol. The number of fused-ring (bicyclic) bond motifs is 1. The second-order valence-corrected chi connectivity index (χ2v) is 7.03. The smallest absolute Gasteiger partial charge is 0.270 e. The van der Waals surface area contributed by atoms with Gasteiger partial charge in [0, 0.05) is 25.6 Å². The lowest BCUT2D eigenvalue weighted by molar-refractivity contribution is -0.113. The Morgan fingerprint density at radius 2 is 1.96 bits per heavy atom. The Bertz CT molecular complexity index is 795. The minimum absolute atomic E-state index is 0.0855. The van der Waals surface area contributed by atoms with Crippen LogP contribution >= 0.6 is 11.8 Å². The van der Waals surface area contributed by atoms with E-state index in [1.807, 2.05) is 16.8 Å². The predicted molar refractivity (Wildman–Crippen MR) is 91.3 cm³/mol.